The standard InChI is InChI=1S/C14H20N2O4/c1-4-8-16(9-13(17)18)14(19)11-6-5-7-12(15-11)20-10(2)3/h5-7,10H,4,8-9H2,1-3H3,(H,17,18). The summed E-state index contributed by atoms with van der Waals surface area (Å²) in [6, 6.07) is 4.89. The lowest BCUT2D eigenvalue weighted by atomic mass is 10.3. The Morgan fingerprint density at radius 3 is 2.65 bits per heavy atom. The molecule has 0 aliphatic carbocycles. The molecule has 1 amide bonds. The number of carbonyl (C=O) groups is 2. The highest BCUT2D eigenvalue weighted by Crippen LogP contribution is 2.11. The Hall–Kier alpha value is -2.11. The van der Waals surface area contributed by atoms with Crippen molar-refractivity contribution in [2.45, 2.75) is 33.3 Å². The Bertz CT molecular complexity index is 474. The predicted molar refractivity (Wildman–Crippen MR) is 73.8 cm³/mol. The molecule has 0 fully saturated rings. The van der Waals surface area contributed by atoms with Crippen molar-refractivity contribution in [1.29, 1.82) is 0 Å². The summed E-state index contributed by atoms with van der Waals surface area (Å²) in [5, 5.41) is 8.84. The normalized spacial score (nSPS) is 10.4. The van der Waals surface area contributed by atoms with Crippen molar-refractivity contribution < 1.29 is 19.4 Å². The van der Waals surface area contributed by atoms with Gasteiger partial charge in [0, 0.05) is 12.6 Å². The van der Waals surface area contributed by atoms with Gasteiger partial charge in [-0.05, 0) is 26.3 Å². The number of nitrogens with zero attached hydrogens (tertiary/aromatic N) is 2. The summed E-state index contributed by atoms with van der Waals surface area (Å²) < 4.78 is 5.43. The zero-order valence-electron chi connectivity index (χ0n) is 12.0. The Kier molecular flexibility index (Phi) is 5.96. The van der Waals surface area contributed by atoms with Crippen molar-refractivity contribution in [3.63, 3.8) is 0 Å². The summed E-state index contributed by atoms with van der Waals surface area (Å²) in [5.41, 5.74) is 0.192. The maximum absolute atomic E-state index is 12.3. The van der Waals surface area contributed by atoms with Gasteiger partial charge in [-0.25, -0.2) is 4.98 Å². The van der Waals surface area contributed by atoms with E-state index in [0.717, 1.165) is 0 Å². The zero-order valence-corrected chi connectivity index (χ0v) is 12.0. The average molecular weight is 280 g/mol. The fraction of sp³-hybridized carbons (Fsp3) is 0.500. The van der Waals surface area contributed by atoms with Crippen LogP contribution in [-0.2, 0) is 4.79 Å². The number of hydrogen-bond donors (Lipinski definition) is 1. The Morgan fingerprint density at radius 2 is 2.10 bits per heavy atom. The first-order chi connectivity index (χ1) is 9.43. The minimum atomic E-state index is -1.04. The quantitative estimate of drug-likeness (QED) is 0.824. The van der Waals surface area contributed by atoms with Crippen LogP contribution in [0.1, 0.15) is 37.7 Å². The molecule has 20 heavy (non-hydrogen) atoms. The molecule has 1 aromatic heterocycles. The van der Waals surface area contributed by atoms with E-state index in [4.69, 9.17) is 9.84 Å². The van der Waals surface area contributed by atoms with E-state index in [-0.39, 0.29) is 18.3 Å². The van der Waals surface area contributed by atoms with E-state index in [1.54, 1.807) is 18.2 Å². The van der Waals surface area contributed by atoms with Gasteiger partial charge in [0.1, 0.15) is 12.2 Å². The van der Waals surface area contributed by atoms with Crippen molar-refractivity contribution in [3.8, 4) is 5.88 Å². The number of pyridine rings is 1. The predicted octanol–water partition coefficient (Wildman–Crippen LogP) is 1.81. The molecule has 0 radical (unpaired) electrons. The maximum atomic E-state index is 12.3. The highest BCUT2D eigenvalue weighted by molar-refractivity contribution is 5.94. The molecule has 1 heterocycles. The van der Waals surface area contributed by atoms with Gasteiger partial charge >= 0.3 is 5.97 Å². The van der Waals surface area contributed by atoms with Crippen LogP contribution in [0.5, 0.6) is 5.88 Å². The molecule has 0 saturated carbocycles. The summed E-state index contributed by atoms with van der Waals surface area (Å²) >= 11 is 0. The molecule has 0 spiro atoms. The Morgan fingerprint density at radius 1 is 1.40 bits per heavy atom. The summed E-state index contributed by atoms with van der Waals surface area (Å²) in [4.78, 5) is 28.4. The number of hydrogen-bond acceptors (Lipinski definition) is 4. The zero-order chi connectivity index (χ0) is 15.1. The van der Waals surface area contributed by atoms with Gasteiger partial charge in [0.25, 0.3) is 5.91 Å². The van der Waals surface area contributed by atoms with E-state index in [0.29, 0.717) is 18.8 Å². The minimum absolute atomic E-state index is 0.0429. The van der Waals surface area contributed by atoms with Crippen LogP contribution in [0.15, 0.2) is 18.2 Å². The summed E-state index contributed by atoms with van der Waals surface area (Å²) in [5.74, 6) is -1.08. The summed E-state index contributed by atoms with van der Waals surface area (Å²) in [6.07, 6.45) is 0.639. The van der Waals surface area contributed by atoms with Crippen molar-refractivity contribution in [3.05, 3.63) is 23.9 Å². The highest BCUT2D eigenvalue weighted by Gasteiger charge is 2.19. The molecule has 1 N–H and O–H groups in total. The lowest BCUT2D eigenvalue weighted by Crippen LogP contribution is -2.36. The molecule has 0 bridgehead atoms. The van der Waals surface area contributed by atoms with Gasteiger partial charge in [-0.1, -0.05) is 13.0 Å². The van der Waals surface area contributed by atoms with Gasteiger partial charge in [0.05, 0.1) is 6.10 Å². The number of amides is 1. The third-order valence-corrected chi connectivity index (χ3v) is 2.41. The van der Waals surface area contributed by atoms with Crippen LogP contribution >= 0.6 is 0 Å². The number of carboxylic acid groups (broad SMARTS) is 1. The van der Waals surface area contributed by atoms with Gasteiger partial charge in [0.15, 0.2) is 0 Å². The van der Waals surface area contributed by atoms with Crippen LogP contribution in [-0.4, -0.2) is 46.1 Å². The van der Waals surface area contributed by atoms with E-state index in [9.17, 15) is 9.59 Å². The van der Waals surface area contributed by atoms with Crippen molar-refractivity contribution >= 4 is 11.9 Å². The van der Waals surface area contributed by atoms with Crippen LogP contribution < -0.4 is 4.74 Å². The molecule has 1 rings (SSSR count). The van der Waals surface area contributed by atoms with Gasteiger partial charge in [-0.2, -0.15) is 0 Å². The second-order valence-corrected chi connectivity index (χ2v) is 4.65. The average Bonchev–Trinajstić information content (AvgIpc) is 2.36. The van der Waals surface area contributed by atoms with Crippen molar-refractivity contribution in [1.82, 2.24) is 9.88 Å². The molecule has 0 aliphatic heterocycles. The number of carboxylic acids is 1. The van der Waals surface area contributed by atoms with Gasteiger partial charge in [-0.15, -0.1) is 0 Å². The van der Waals surface area contributed by atoms with E-state index in [2.05, 4.69) is 4.98 Å². The van der Waals surface area contributed by atoms with Gasteiger partial charge < -0.3 is 14.7 Å². The molecule has 0 saturated heterocycles. The largest absolute Gasteiger partial charge is 0.480 e. The van der Waals surface area contributed by atoms with Crippen LogP contribution in [0.3, 0.4) is 0 Å². The van der Waals surface area contributed by atoms with Crippen molar-refractivity contribution in [2.75, 3.05) is 13.1 Å². The van der Waals surface area contributed by atoms with E-state index in [1.165, 1.54) is 4.90 Å². The first-order valence-electron chi connectivity index (χ1n) is 6.58. The molecular weight excluding hydrogens is 260 g/mol. The minimum Gasteiger partial charge on any atom is -0.480 e. The number of ether oxygens (including phenoxy) is 1. The fourth-order valence-corrected chi connectivity index (χ4v) is 1.69. The molecule has 110 valence electrons. The van der Waals surface area contributed by atoms with E-state index in [1.807, 2.05) is 20.8 Å². The lowest BCUT2D eigenvalue weighted by Gasteiger charge is -2.19. The van der Waals surface area contributed by atoms with Crippen LogP contribution in [0, 0.1) is 0 Å². The Labute approximate surface area is 118 Å². The first kappa shape index (κ1) is 15.9. The van der Waals surface area contributed by atoms with Crippen LogP contribution in [0.25, 0.3) is 0 Å². The molecule has 6 nitrogen and oxygen atoms in total. The third kappa shape index (κ3) is 4.87. The van der Waals surface area contributed by atoms with Crippen LogP contribution in [0.4, 0.5) is 0 Å². The number of aliphatic carboxylic acids is 1. The monoisotopic (exact) mass is 280 g/mol. The number of carbonyl (C=O) groups excluding carboxylic acids is 1. The van der Waals surface area contributed by atoms with E-state index >= 15 is 0 Å². The smallest absolute Gasteiger partial charge is 0.323 e. The SMILES string of the molecule is CCCN(CC(=O)O)C(=O)c1cccc(OC(C)C)n1. The molecule has 0 aromatic carbocycles. The topological polar surface area (TPSA) is 79.7 Å². The molecule has 0 unspecified atom stereocenters. The molecular formula is C14H20N2O4. The first-order valence-corrected chi connectivity index (χ1v) is 6.58. The van der Waals surface area contributed by atoms with Gasteiger partial charge in [-0.3, -0.25) is 9.59 Å². The third-order valence-electron chi connectivity index (χ3n) is 2.41. The molecule has 0 atom stereocenters. The fourth-order valence-electron chi connectivity index (χ4n) is 1.69. The molecule has 6 heteroatoms. The summed E-state index contributed by atoms with van der Waals surface area (Å²) in [7, 11) is 0. The molecule has 1 aromatic rings. The highest BCUT2D eigenvalue weighted by atomic mass is 16.5. The second kappa shape index (κ2) is 7.47. The Balaban J connectivity index is 2.90. The maximum Gasteiger partial charge on any atom is 0.323 e. The number of rotatable bonds is 7. The number of aromatic nitrogens is 1. The van der Waals surface area contributed by atoms with Crippen LogP contribution in [0.2, 0.25) is 0 Å². The molecule has 0 aliphatic rings. The lowest BCUT2D eigenvalue weighted by molar-refractivity contribution is -0.137. The van der Waals surface area contributed by atoms with E-state index < -0.39 is 11.9 Å². The second-order valence-electron chi connectivity index (χ2n) is 4.65. The van der Waals surface area contributed by atoms with Crippen molar-refractivity contribution in [2.24, 2.45) is 0 Å². The summed E-state index contributed by atoms with van der Waals surface area (Å²) in [6.45, 7) is 5.66. The van der Waals surface area contributed by atoms with Gasteiger partial charge in [0.2, 0.25) is 5.88 Å².